The van der Waals surface area contributed by atoms with Crippen LogP contribution in [0.2, 0.25) is 0 Å². The Morgan fingerprint density at radius 1 is 1.35 bits per heavy atom. The first-order chi connectivity index (χ1) is 12.3. The van der Waals surface area contributed by atoms with Gasteiger partial charge in [-0.25, -0.2) is 4.79 Å². The van der Waals surface area contributed by atoms with Crippen LogP contribution < -0.4 is 5.32 Å². The summed E-state index contributed by atoms with van der Waals surface area (Å²) < 4.78 is 5.20. The Labute approximate surface area is 157 Å². The maximum atomic E-state index is 12.3. The van der Waals surface area contributed by atoms with Gasteiger partial charge in [-0.05, 0) is 44.1 Å². The van der Waals surface area contributed by atoms with Crippen molar-refractivity contribution in [3.8, 4) is 0 Å². The number of amides is 1. The fourth-order valence-electron chi connectivity index (χ4n) is 3.07. The Bertz CT molecular complexity index is 694. The van der Waals surface area contributed by atoms with Crippen LogP contribution in [-0.2, 0) is 9.53 Å². The van der Waals surface area contributed by atoms with Gasteiger partial charge in [-0.15, -0.1) is 11.8 Å². The zero-order valence-corrected chi connectivity index (χ0v) is 16.0. The fraction of sp³-hybridized carbons (Fsp3) is 0.556. The number of nitro groups is 1. The highest BCUT2D eigenvalue weighted by Crippen LogP contribution is 2.28. The third-order valence-corrected chi connectivity index (χ3v) is 5.49. The average molecular weight is 380 g/mol. The van der Waals surface area contributed by atoms with Crippen molar-refractivity contribution in [2.24, 2.45) is 5.92 Å². The van der Waals surface area contributed by atoms with Gasteiger partial charge in [-0.1, -0.05) is 19.8 Å². The second-order valence-electron chi connectivity index (χ2n) is 6.57. The van der Waals surface area contributed by atoms with Crippen LogP contribution in [0.4, 0.5) is 5.69 Å². The van der Waals surface area contributed by atoms with Gasteiger partial charge >= 0.3 is 5.97 Å². The van der Waals surface area contributed by atoms with Crippen LogP contribution in [0.15, 0.2) is 23.1 Å². The van der Waals surface area contributed by atoms with Crippen molar-refractivity contribution in [1.82, 2.24) is 5.32 Å². The molecule has 0 bridgehead atoms. The van der Waals surface area contributed by atoms with Crippen LogP contribution >= 0.6 is 11.8 Å². The van der Waals surface area contributed by atoms with E-state index in [1.54, 1.807) is 6.26 Å². The van der Waals surface area contributed by atoms with E-state index in [-0.39, 0.29) is 23.2 Å². The predicted octanol–water partition coefficient (Wildman–Crippen LogP) is 3.56. The van der Waals surface area contributed by atoms with Crippen molar-refractivity contribution in [3.63, 3.8) is 0 Å². The molecule has 0 spiro atoms. The molecule has 0 saturated heterocycles. The van der Waals surface area contributed by atoms with Gasteiger partial charge in [-0.2, -0.15) is 0 Å². The van der Waals surface area contributed by atoms with Crippen LogP contribution in [0.3, 0.4) is 0 Å². The molecular weight excluding hydrogens is 356 g/mol. The molecule has 8 heteroatoms. The molecule has 142 valence electrons. The molecule has 0 unspecified atom stereocenters. The van der Waals surface area contributed by atoms with Crippen molar-refractivity contribution in [2.45, 2.75) is 56.6 Å². The number of carbonyl (C=O) groups excluding carboxylic acids is 2. The van der Waals surface area contributed by atoms with Crippen molar-refractivity contribution in [3.05, 3.63) is 33.9 Å². The first kappa shape index (κ1) is 20.2. The summed E-state index contributed by atoms with van der Waals surface area (Å²) in [5, 5.41) is 14.1. The first-order valence-corrected chi connectivity index (χ1v) is 9.89. The summed E-state index contributed by atoms with van der Waals surface area (Å²) in [6.45, 7) is 3.61. The van der Waals surface area contributed by atoms with Crippen LogP contribution in [0.1, 0.15) is 49.9 Å². The molecule has 7 nitrogen and oxygen atoms in total. The largest absolute Gasteiger partial charge is 0.449 e. The predicted molar refractivity (Wildman–Crippen MR) is 99.3 cm³/mol. The fourth-order valence-corrected chi connectivity index (χ4v) is 3.62. The number of nitrogens with zero attached hydrogens (tertiary/aromatic N) is 1. The van der Waals surface area contributed by atoms with Gasteiger partial charge in [0.05, 0.1) is 15.4 Å². The number of nitro benzene ring substituents is 1. The van der Waals surface area contributed by atoms with Crippen molar-refractivity contribution >= 4 is 29.3 Å². The molecule has 3 atom stereocenters. The highest BCUT2D eigenvalue weighted by Gasteiger charge is 2.27. The highest BCUT2D eigenvalue weighted by molar-refractivity contribution is 7.98. The van der Waals surface area contributed by atoms with Gasteiger partial charge in [-0.3, -0.25) is 14.9 Å². The molecule has 0 heterocycles. The van der Waals surface area contributed by atoms with Gasteiger partial charge < -0.3 is 10.1 Å². The van der Waals surface area contributed by atoms with Gasteiger partial charge in [0.15, 0.2) is 6.10 Å². The van der Waals surface area contributed by atoms with E-state index in [1.165, 1.54) is 43.3 Å². The molecule has 2 rings (SSSR count). The molecule has 0 radical (unpaired) electrons. The van der Waals surface area contributed by atoms with E-state index >= 15 is 0 Å². The lowest BCUT2D eigenvalue weighted by Gasteiger charge is -2.30. The molecule has 1 N–H and O–H groups in total. The Morgan fingerprint density at radius 2 is 2.04 bits per heavy atom. The monoisotopic (exact) mass is 380 g/mol. The molecule has 1 fully saturated rings. The number of hydrogen-bond acceptors (Lipinski definition) is 6. The van der Waals surface area contributed by atoms with Crippen LogP contribution in [0.25, 0.3) is 0 Å². The van der Waals surface area contributed by atoms with Gasteiger partial charge in [0.25, 0.3) is 11.6 Å². The maximum absolute atomic E-state index is 12.3. The Hall–Kier alpha value is -2.09. The second kappa shape index (κ2) is 9.02. The van der Waals surface area contributed by atoms with Crippen LogP contribution in [-0.4, -0.2) is 35.2 Å². The van der Waals surface area contributed by atoms with Gasteiger partial charge in [0, 0.05) is 12.1 Å². The number of ether oxygens (including phenoxy) is 1. The van der Waals surface area contributed by atoms with E-state index in [9.17, 15) is 19.7 Å². The number of esters is 1. The lowest BCUT2D eigenvalue weighted by molar-refractivity contribution is -0.387. The summed E-state index contributed by atoms with van der Waals surface area (Å²) in [6.07, 6.45) is 5.01. The summed E-state index contributed by atoms with van der Waals surface area (Å²) >= 11 is 1.22. The van der Waals surface area contributed by atoms with Crippen molar-refractivity contribution in [2.75, 3.05) is 6.26 Å². The van der Waals surface area contributed by atoms with Crippen molar-refractivity contribution < 1.29 is 19.2 Å². The van der Waals surface area contributed by atoms with E-state index < -0.39 is 17.0 Å². The van der Waals surface area contributed by atoms with E-state index in [0.29, 0.717) is 10.8 Å². The van der Waals surface area contributed by atoms with E-state index in [4.69, 9.17) is 4.74 Å². The van der Waals surface area contributed by atoms with E-state index in [0.717, 1.165) is 19.3 Å². The minimum Gasteiger partial charge on any atom is -0.449 e. The molecular formula is C18H24N2O5S. The zero-order chi connectivity index (χ0) is 19.3. The first-order valence-electron chi connectivity index (χ1n) is 8.67. The topological polar surface area (TPSA) is 98.5 Å². The molecule has 0 aliphatic heterocycles. The molecule has 0 aromatic heterocycles. The standard InChI is InChI=1S/C18H24N2O5S/c1-11-6-4-5-7-14(11)19-17(21)12(2)25-18(22)13-8-9-16(26-3)15(10-13)20(23)24/h8-12,14H,4-7H2,1-3H3,(H,19,21)/t11-,12+,14-/m0/s1. The van der Waals surface area contributed by atoms with Crippen LogP contribution in [0.5, 0.6) is 0 Å². The number of hydrogen-bond donors (Lipinski definition) is 1. The van der Waals surface area contributed by atoms with Gasteiger partial charge in [0.1, 0.15) is 0 Å². The second-order valence-corrected chi connectivity index (χ2v) is 7.42. The molecule has 1 aromatic rings. The molecule has 1 aromatic carbocycles. The minimum atomic E-state index is -0.962. The highest BCUT2D eigenvalue weighted by atomic mass is 32.2. The normalized spacial score (nSPS) is 20.9. The quantitative estimate of drug-likeness (QED) is 0.351. The third kappa shape index (κ3) is 4.97. The maximum Gasteiger partial charge on any atom is 0.339 e. The molecule has 1 aliphatic carbocycles. The van der Waals surface area contributed by atoms with E-state index in [2.05, 4.69) is 12.2 Å². The number of carbonyl (C=O) groups is 2. The SMILES string of the molecule is CSc1ccc(C(=O)O[C@H](C)C(=O)N[C@H]2CCCC[C@@H]2C)cc1[N+](=O)[O-]. The number of benzene rings is 1. The van der Waals surface area contributed by atoms with Crippen LogP contribution in [0, 0.1) is 16.0 Å². The number of rotatable bonds is 6. The Balaban J connectivity index is 2.01. The Kier molecular flexibility index (Phi) is 7.02. The Morgan fingerprint density at radius 3 is 2.65 bits per heavy atom. The smallest absolute Gasteiger partial charge is 0.339 e. The number of nitrogens with one attached hydrogen (secondary N) is 1. The summed E-state index contributed by atoms with van der Waals surface area (Å²) in [4.78, 5) is 35.6. The molecule has 26 heavy (non-hydrogen) atoms. The summed E-state index contributed by atoms with van der Waals surface area (Å²) in [5.74, 6) is -0.690. The van der Waals surface area contributed by atoms with Crippen molar-refractivity contribution in [1.29, 1.82) is 0 Å². The summed E-state index contributed by atoms with van der Waals surface area (Å²) in [6, 6.07) is 4.25. The molecule has 1 saturated carbocycles. The number of thioether (sulfide) groups is 1. The zero-order valence-electron chi connectivity index (χ0n) is 15.2. The third-order valence-electron chi connectivity index (χ3n) is 4.70. The summed E-state index contributed by atoms with van der Waals surface area (Å²) in [5.41, 5.74) is -0.0970. The lowest BCUT2D eigenvalue weighted by atomic mass is 9.86. The van der Waals surface area contributed by atoms with Gasteiger partial charge in [0.2, 0.25) is 0 Å². The summed E-state index contributed by atoms with van der Waals surface area (Å²) in [7, 11) is 0. The van der Waals surface area contributed by atoms with E-state index in [1.807, 2.05) is 0 Å². The lowest BCUT2D eigenvalue weighted by Crippen LogP contribution is -2.45. The minimum absolute atomic E-state index is 0.0557. The average Bonchev–Trinajstić information content (AvgIpc) is 2.62. The molecule has 1 aliphatic rings. The molecule has 1 amide bonds.